The molecule has 2 rings (SSSR count). The molecule has 0 aliphatic heterocycles. The molecule has 6 heteroatoms. The van der Waals surface area contributed by atoms with E-state index < -0.39 is 6.09 Å². The van der Waals surface area contributed by atoms with E-state index in [0.717, 1.165) is 30.6 Å². The van der Waals surface area contributed by atoms with Crippen molar-refractivity contribution >= 4 is 18.5 Å². The molecule has 26 heavy (non-hydrogen) atoms. The topological polar surface area (TPSA) is 75.8 Å². The van der Waals surface area contributed by atoms with Crippen LogP contribution < -0.4 is 10.5 Å². The van der Waals surface area contributed by atoms with Crippen LogP contribution in [0.4, 0.5) is 4.79 Å². The van der Waals surface area contributed by atoms with Crippen LogP contribution in [0.25, 0.3) is 0 Å². The minimum absolute atomic E-state index is 0. The van der Waals surface area contributed by atoms with Crippen LogP contribution in [0.2, 0.25) is 0 Å². The second kappa shape index (κ2) is 12.2. The fourth-order valence-electron chi connectivity index (χ4n) is 2.56. The molecule has 0 saturated heterocycles. The Morgan fingerprint density at radius 1 is 1.00 bits per heavy atom. The predicted molar refractivity (Wildman–Crippen MR) is 106 cm³/mol. The zero-order valence-electron chi connectivity index (χ0n) is 14.8. The molecule has 0 saturated carbocycles. The van der Waals surface area contributed by atoms with Gasteiger partial charge < -0.3 is 20.5 Å². The molecule has 142 valence electrons. The summed E-state index contributed by atoms with van der Waals surface area (Å²) in [5, 5.41) is 9.32. The second-order valence-electron chi connectivity index (χ2n) is 5.93. The number of unbranched alkanes of at least 4 members (excludes halogenated alkanes) is 1. The highest BCUT2D eigenvalue weighted by Gasteiger charge is 2.11. The van der Waals surface area contributed by atoms with E-state index in [9.17, 15) is 9.90 Å². The normalized spacial score (nSPS) is 10.0. The third-order valence-corrected chi connectivity index (χ3v) is 3.93. The van der Waals surface area contributed by atoms with Crippen LogP contribution >= 0.6 is 12.4 Å². The average molecular weight is 379 g/mol. The molecule has 0 aliphatic rings. The molecule has 0 unspecified atom stereocenters. The maximum Gasteiger partial charge on any atom is 0.407 e. The molecule has 5 nitrogen and oxygen atoms in total. The highest BCUT2D eigenvalue weighted by molar-refractivity contribution is 5.85. The number of nitrogens with two attached hydrogens (primary N) is 1. The van der Waals surface area contributed by atoms with Gasteiger partial charge in [0.1, 0.15) is 5.75 Å². The first-order valence-corrected chi connectivity index (χ1v) is 8.62. The maximum atomic E-state index is 11.4. The number of carbonyl (C=O) groups is 1. The lowest BCUT2D eigenvalue weighted by atomic mass is 10.1. The smallest absolute Gasteiger partial charge is 0.407 e. The van der Waals surface area contributed by atoms with E-state index >= 15 is 0 Å². The Bertz CT molecular complexity index is 635. The summed E-state index contributed by atoms with van der Waals surface area (Å²) in [6.45, 7) is 2.14. The Morgan fingerprint density at radius 3 is 2.31 bits per heavy atom. The number of nitrogens with zero attached hydrogens (tertiary/aromatic N) is 1. The van der Waals surface area contributed by atoms with Crippen molar-refractivity contribution in [2.75, 3.05) is 19.7 Å². The fraction of sp³-hybridized carbons (Fsp3) is 0.350. The fourth-order valence-corrected chi connectivity index (χ4v) is 2.56. The van der Waals surface area contributed by atoms with E-state index in [0.29, 0.717) is 26.2 Å². The van der Waals surface area contributed by atoms with Crippen molar-refractivity contribution < 1.29 is 14.6 Å². The Morgan fingerprint density at radius 2 is 1.69 bits per heavy atom. The highest BCUT2D eigenvalue weighted by atomic mass is 35.5. The minimum atomic E-state index is -0.889. The van der Waals surface area contributed by atoms with Crippen molar-refractivity contribution in [1.82, 2.24) is 4.90 Å². The standard InChI is InChI=1S/C20H26N2O3.ClH/c21-13-12-17-8-10-19(11-9-17)25-15-5-4-14-22(20(23)24)16-18-6-2-1-3-7-18;/h1-3,6-11H,4-5,12-16,21H2,(H,23,24);1H. The van der Waals surface area contributed by atoms with Crippen LogP contribution in [0.3, 0.4) is 0 Å². The molecule has 0 heterocycles. The molecular weight excluding hydrogens is 352 g/mol. The Balaban J connectivity index is 0.00000338. The highest BCUT2D eigenvalue weighted by Crippen LogP contribution is 2.13. The van der Waals surface area contributed by atoms with Gasteiger partial charge in [0.25, 0.3) is 0 Å². The van der Waals surface area contributed by atoms with Crippen molar-refractivity contribution in [3.05, 3.63) is 65.7 Å². The summed E-state index contributed by atoms with van der Waals surface area (Å²) in [6, 6.07) is 17.6. The number of amides is 1. The third kappa shape index (κ3) is 7.76. The quantitative estimate of drug-likeness (QED) is 0.614. The van der Waals surface area contributed by atoms with Crippen molar-refractivity contribution in [2.24, 2.45) is 5.73 Å². The number of carboxylic acid groups (broad SMARTS) is 1. The van der Waals surface area contributed by atoms with E-state index in [-0.39, 0.29) is 12.4 Å². The Kier molecular flexibility index (Phi) is 10.2. The Hall–Kier alpha value is -2.24. The largest absolute Gasteiger partial charge is 0.494 e. The number of halogens is 1. The van der Waals surface area contributed by atoms with Crippen LogP contribution in [-0.2, 0) is 13.0 Å². The summed E-state index contributed by atoms with van der Waals surface area (Å²) in [5.74, 6) is 0.833. The molecule has 3 N–H and O–H groups in total. The molecule has 2 aromatic rings. The second-order valence-corrected chi connectivity index (χ2v) is 5.93. The number of benzene rings is 2. The molecule has 0 atom stereocenters. The lowest BCUT2D eigenvalue weighted by Crippen LogP contribution is -2.30. The van der Waals surface area contributed by atoms with Gasteiger partial charge in [0, 0.05) is 13.1 Å². The predicted octanol–water partition coefficient (Wildman–Crippen LogP) is 3.95. The number of hydrogen-bond donors (Lipinski definition) is 2. The first-order chi connectivity index (χ1) is 12.2. The summed E-state index contributed by atoms with van der Waals surface area (Å²) in [6.07, 6.45) is 1.56. The van der Waals surface area contributed by atoms with Gasteiger partial charge in [-0.25, -0.2) is 4.79 Å². The van der Waals surface area contributed by atoms with Gasteiger partial charge in [-0.05, 0) is 49.1 Å². The van der Waals surface area contributed by atoms with Gasteiger partial charge >= 0.3 is 6.09 Å². The molecule has 0 radical (unpaired) electrons. The van der Waals surface area contributed by atoms with Gasteiger partial charge in [0.15, 0.2) is 0 Å². The number of ether oxygens (including phenoxy) is 1. The van der Waals surface area contributed by atoms with E-state index in [2.05, 4.69) is 0 Å². The Labute approximate surface area is 161 Å². The first-order valence-electron chi connectivity index (χ1n) is 8.62. The van der Waals surface area contributed by atoms with E-state index in [4.69, 9.17) is 10.5 Å². The van der Waals surface area contributed by atoms with Crippen molar-refractivity contribution in [2.45, 2.75) is 25.8 Å². The van der Waals surface area contributed by atoms with Crippen molar-refractivity contribution in [1.29, 1.82) is 0 Å². The molecule has 0 fully saturated rings. The third-order valence-electron chi connectivity index (χ3n) is 3.93. The zero-order valence-corrected chi connectivity index (χ0v) is 15.7. The zero-order chi connectivity index (χ0) is 17.9. The molecular formula is C20H27ClN2O3. The van der Waals surface area contributed by atoms with Crippen molar-refractivity contribution in [3.8, 4) is 5.75 Å². The summed E-state index contributed by atoms with van der Waals surface area (Å²) >= 11 is 0. The number of rotatable bonds is 10. The molecule has 0 aliphatic carbocycles. The molecule has 0 spiro atoms. The van der Waals surface area contributed by atoms with Gasteiger partial charge in [-0.2, -0.15) is 0 Å². The molecule has 1 amide bonds. The van der Waals surface area contributed by atoms with Crippen LogP contribution in [0.1, 0.15) is 24.0 Å². The van der Waals surface area contributed by atoms with E-state index in [1.165, 1.54) is 10.5 Å². The first kappa shape index (κ1) is 21.8. The summed E-state index contributed by atoms with van der Waals surface area (Å²) in [5.41, 5.74) is 7.73. The van der Waals surface area contributed by atoms with Gasteiger partial charge in [-0.15, -0.1) is 12.4 Å². The SMILES string of the molecule is Cl.NCCc1ccc(OCCCCN(Cc2ccccc2)C(=O)O)cc1. The summed E-state index contributed by atoms with van der Waals surface area (Å²) in [7, 11) is 0. The molecule has 0 aromatic heterocycles. The molecule has 2 aromatic carbocycles. The van der Waals surface area contributed by atoms with Gasteiger partial charge in [0.2, 0.25) is 0 Å². The average Bonchev–Trinajstić information content (AvgIpc) is 2.63. The van der Waals surface area contributed by atoms with E-state index in [1.807, 2.05) is 54.6 Å². The van der Waals surface area contributed by atoms with Gasteiger partial charge in [-0.3, -0.25) is 0 Å². The minimum Gasteiger partial charge on any atom is -0.494 e. The summed E-state index contributed by atoms with van der Waals surface area (Å²) in [4.78, 5) is 12.8. The monoisotopic (exact) mass is 378 g/mol. The van der Waals surface area contributed by atoms with Crippen LogP contribution in [-0.4, -0.2) is 35.8 Å². The maximum absolute atomic E-state index is 11.4. The molecule has 0 bridgehead atoms. The number of hydrogen-bond acceptors (Lipinski definition) is 3. The van der Waals surface area contributed by atoms with Crippen molar-refractivity contribution in [3.63, 3.8) is 0 Å². The van der Waals surface area contributed by atoms with Crippen LogP contribution in [0.15, 0.2) is 54.6 Å². The lowest BCUT2D eigenvalue weighted by molar-refractivity contribution is 0.140. The summed E-state index contributed by atoms with van der Waals surface area (Å²) < 4.78 is 5.70. The van der Waals surface area contributed by atoms with Gasteiger partial charge in [0.05, 0.1) is 6.61 Å². The lowest BCUT2D eigenvalue weighted by Gasteiger charge is -2.19. The van der Waals surface area contributed by atoms with Gasteiger partial charge in [-0.1, -0.05) is 42.5 Å². The van der Waals surface area contributed by atoms with Crippen LogP contribution in [0.5, 0.6) is 5.75 Å². The van der Waals surface area contributed by atoms with E-state index in [1.54, 1.807) is 0 Å². The van der Waals surface area contributed by atoms with Crippen LogP contribution in [0, 0.1) is 0 Å².